The fourth-order valence-corrected chi connectivity index (χ4v) is 4.89. The Morgan fingerprint density at radius 2 is 2.15 bits per heavy atom. The van der Waals surface area contributed by atoms with Crippen molar-refractivity contribution in [3.05, 3.63) is 35.5 Å². The average molecular weight is 360 g/mol. The molecule has 4 rings (SSSR count). The van der Waals surface area contributed by atoms with Crippen molar-refractivity contribution in [2.45, 2.75) is 51.1 Å². The molecule has 2 aliphatic carbocycles. The maximum absolute atomic E-state index is 12.4. The minimum Gasteiger partial charge on any atom is -0.458 e. The van der Waals surface area contributed by atoms with Crippen LogP contribution in [0.5, 0.6) is 0 Å². The molecule has 4 aliphatic rings. The van der Waals surface area contributed by atoms with Crippen LogP contribution in [0.2, 0.25) is 0 Å². The number of aliphatic hydroxyl groups excluding tert-OH is 1. The summed E-state index contributed by atoms with van der Waals surface area (Å²) in [4.78, 5) is 24.6. The number of aliphatic hydroxyl groups is 1. The Hall–Kier alpha value is -1.92. The smallest absolute Gasteiger partial charge is 0.334 e. The van der Waals surface area contributed by atoms with Crippen LogP contribution in [0.1, 0.15) is 27.2 Å². The number of carbonyl (C=O) groups is 2. The summed E-state index contributed by atoms with van der Waals surface area (Å²) >= 11 is 0. The van der Waals surface area contributed by atoms with Crippen LogP contribution in [0.3, 0.4) is 0 Å². The van der Waals surface area contributed by atoms with Gasteiger partial charge in [-0.2, -0.15) is 0 Å². The highest BCUT2D eigenvalue weighted by atomic mass is 16.6. The number of ether oxygens (including phenoxy) is 3. The number of epoxide rings is 1. The van der Waals surface area contributed by atoms with Gasteiger partial charge < -0.3 is 19.3 Å². The van der Waals surface area contributed by atoms with E-state index in [1.807, 2.05) is 13.0 Å². The molecular weight excluding hydrogens is 336 g/mol. The summed E-state index contributed by atoms with van der Waals surface area (Å²) in [6.07, 6.45) is 2.20. The maximum atomic E-state index is 12.4. The van der Waals surface area contributed by atoms with Crippen molar-refractivity contribution in [1.82, 2.24) is 0 Å². The van der Waals surface area contributed by atoms with Gasteiger partial charge in [-0.3, -0.25) is 0 Å². The van der Waals surface area contributed by atoms with Gasteiger partial charge in [0.15, 0.2) is 0 Å². The Balaban J connectivity index is 1.74. The van der Waals surface area contributed by atoms with E-state index in [0.29, 0.717) is 24.2 Å². The van der Waals surface area contributed by atoms with Gasteiger partial charge in [-0.05, 0) is 20.8 Å². The second-order valence-corrected chi connectivity index (χ2v) is 7.85. The molecule has 7 atom stereocenters. The zero-order valence-electron chi connectivity index (χ0n) is 15.2. The second-order valence-electron chi connectivity index (χ2n) is 7.85. The van der Waals surface area contributed by atoms with Crippen molar-refractivity contribution >= 4 is 11.9 Å². The number of allylic oxidation sites excluding steroid dienone is 1. The summed E-state index contributed by atoms with van der Waals surface area (Å²) in [5.41, 5.74) is 1.26. The van der Waals surface area contributed by atoms with Crippen molar-refractivity contribution in [3.63, 3.8) is 0 Å². The third kappa shape index (κ3) is 2.39. The van der Waals surface area contributed by atoms with E-state index in [1.54, 1.807) is 19.9 Å². The predicted molar refractivity (Wildman–Crippen MR) is 91.9 cm³/mol. The van der Waals surface area contributed by atoms with Crippen LogP contribution >= 0.6 is 0 Å². The summed E-state index contributed by atoms with van der Waals surface area (Å²) in [5, 5.41) is 10.6. The summed E-state index contributed by atoms with van der Waals surface area (Å²) in [6, 6.07) is 0. The van der Waals surface area contributed by atoms with Crippen molar-refractivity contribution in [2.75, 3.05) is 6.61 Å². The molecule has 6 nitrogen and oxygen atoms in total. The summed E-state index contributed by atoms with van der Waals surface area (Å²) in [6.45, 7) is 9.81. The lowest BCUT2D eigenvalue weighted by Crippen LogP contribution is -2.39. The standard InChI is InChI=1S/C20H24O6/c1-5-9(2)18(22)25-13-7-20(8-24-20)16-12(21)6-10(3)14(16)17-15(13)11(4)19(23)26-17/h5-6,12-17,21H,4,7-8H2,1-3H3/b9-5+/t12-,13-,14+,15-,16-,17-,20-/m1/s1. The lowest BCUT2D eigenvalue weighted by molar-refractivity contribution is -0.148. The Morgan fingerprint density at radius 1 is 1.46 bits per heavy atom. The van der Waals surface area contributed by atoms with Gasteiger partial charge in [0.25, 0.3) is 0 Å². The first-order valence-electron chi connectivity index (χ1n) is 9.03. The molecule has 1 saturated carbocycles. The van der Waals surface area contributed by atoms with E-state index in [9.17, 15) is 14.7 Å². The number of hydrogen-bond acceptors (Lipinski definition) is 6. The van der Waals surface area contributed by atoms with Crippen LogP contribution in [0, 0.1) is 17.8 Å². The molecule has 0 aromatic rings. The topological polar surface area (TPSA) is 85.4 Å². The predicted octanol–water partition coefficient (Wildman–Crippen LogP) is 1.69. The van der Waals surface area contributed by atoms with Gasteiger partial charge in [-0.1, -0.05) is 24.3 Å². The SMILES string of the molecule is C=C1C(=O)O[C@@H]2[C@H]3C(C)=C[C@@H](O)[C@H]3[C@]3(CO3)C[C@@H](OC(=O)/C(C)=C/C)[C@@H]12. The van der Waals surface area contributed by atoms with Crippen molar-refractivity contribution < 1.29 is 28.9 Å². The Morgan fingerprint density at radius 3 is 2.77 bits per heavy atom. The van der Waals surface area contributed by atoms with Crippen molar-refractivity contribution in [3.8, 4) is 0 Å². The van der Waals surface area contributed by atoms with E-state index in [2.05, 4.69) is 6.58 Å². The summed E-state index contributed by atoms with van der Waals surface area (Å²) < 4.78 is 17.3. The molecule has 6 heteroatoms. The highest BCUT2D eigenvalue weighted by Crippen LogP contribution is 2.58. The lowest BCUT2D eigenvalue weighted by Gasteiger charge is -2.30. The molecule has 1 N–H and O–H groups in total. The van der Waals surface area contributed by atoms with Crippen LogP contribution in [-0.2, 0) is 23.8 Å². The Labute approximate surface area is 152 Å². The third-order valence-electron chi connectivity index (χ3n) is 6.41. The monoisotopic (exact) mass is 360 g/mol. The fraction of sp³-hybridized carbons (Fsp3) is 0.600. The Bertz CT molecular complexity index is 743. The maximum Gasteiger partial charge on any atom is 0.334 e. The molecular formula is C20H24O6. The van der Waals surface area contributed by atoms with Crippen LogP contribution in [0.4, 0.5) is 0 Å². The Kier molecular flexibility index (Phi) is 3.90. The van der Waals surface area contributed by atoms with Gasteiger partial charge >= 0.3 is 11.9 Å². The van der Waals surface area contributed by atoms with Crippen molar-refractivity contribution in [1.29, 1.82) is 0 Å². The molecule has 0 radical (unpaired) electrons. The number of carbonyl (C=O) groups excluding carboxylic acids is 2. The number of esters is 2. The van der Waals surface area contributed by atoms with Gasteiger partial charge in [0.05, 0.1) is 18.6 Å². The lowest BCUT2D eigenvalue weighted by atomic mass is 9.77. The van der Waals surface area contributed by atoms with E-state index in [0.717, 1.165) is 5.57 Å². The number of hydrogen-bond donors (Lipinski definition) is 1. The molecule has 140 valence electrons. The van der Waals surface area contributed by atoms with Gasteiger partial charge in [-0.15, -0.1) is 0 Å². The quantitative estimate of drug-likeness (QED) is 0.349. The van der Waals surface area contributed by atoms with Gasteiger partial charge in [0.1, 0.15) is 17.8 Å². The minimum atomic E-state index is -0.664. The average Bonchev–Trinajstić information content (AvgIpc) is 3.23. The third-order valence-corrected chi connectivity index (χ3v) is 6.41. The number of fused-ring (bicyclic) bond motifs is 4. The van der Waals surface area contributed by atoms with E-state index in [1.165, 1.54) is 0 Å². The highest BCUT2D eigenvalue weighted by molar-refractivity contribution is 5.91. The molecule has 0 unspecified atom stereocenters. The largest absolute Gasteiger partial charge is 0.458 e. The van der Waals surface area contributed by atoms with Crippen LogP contribution < -0.4 is 0 Å². The van der Waals surface area contributed by atoms with E-state index < -0.39 is 41.8 Å². The van der Waals surface area contributed by atoms with Gasteiger partial charge in [-0.25, -0.2) is 9.59 Å². The highest BCUT2D eigenvalue weighted by Gasteiger charge is 2.67. The zero-order valence-corrected chi connectivity index (χ0v) is 15.2. The first kappa shape index (κ1) is 17.5. The molecule has 0 amide bonds. The van der Waals surface area contributed by atoms with E-state index in [4.69, 9.17) is 14.2 Å². The van der Waals surface area contributed by atoms with Crippen LogP contribution in [0.15, 0.2) is 35.5 Å². The summed E-state index contributed by atoms with van der Waals surface area (Å²) in [7, 11) is 0. The molecule has 2 heterocycles. The van der Waals surface area contributed by atoms with Gasteiger partial charge in [0, 0.05) is 29.4 Å². The zero-order chi connectivity index (χ0) is 18.8. The van der Waals surface area contributed by atoms with E-state index >= 15 is 0 Å². The van der Waals surface area contributed by atoms with Gasteiger partial charge in [0.2, 0.25) is 0 Å². The van der Waals surface area contributed by atoms with E-state index in [-0.39, 0.29) is 11.8 Å². The number of rotatable bonds is 2. The summed E-state index contributed by atoms with van der Waals surface area (Å²) in [5.74, 6) is -1.67. The van der Waals surface area contributed by atoms with Crippen LogP contribution in [0.25, 0.3) is 0 Å². The normalized spacial score (nSPS) is 44.2. The second kappa shape index (κ2) is 5.79. The molecule has 3 fully saturated rings. The molecule has 2 saturated heterocycles. The molecule has 1 spiro atoms. The first-order chi connectivity index (χ1) is 12.3. The first-order valence-corrected chi connectivity index (χ1v) is 9.03. The minimum absolute atomic E-state index is 0.160. The van der Waals surface area contributed by atoms with Crippen LogP contribution in [-0.4, -0.2) is 47.6 Å². The van der Waals surface area contributed by atoms with Crippen molar-refractivity contribution in [2.24, 2.45) is 17.8 Å². The fourth-order valence-electron chi connectivity index (χ4n) is 4.89. The molecule has 0 bridgehead atoms. The molecule has 26 heavy (non-hydrogen) atoms. The molecule has 2 aliphatic heterocycles. The molecule has 0 aromatic carbocycles. The molecule has 0 aromatic heterocycles.